The summed E-state index contributed by atoms with van der Waals surface area (Å²) in [6, 6.07) is 1.74. The maximum atomic E-state index is 11.0. The number of hydrogen-bond acceptors (Lipinski definition) is 8. The van der Waals surface area contributed by atoms with Gasteiger partial charge in [0.15, 0.2) is 16.6 Å². The van der Waals surface area contributed by atoms with Gasteiger partial charge in [0.05, 0.1) is 6.07 Å². The molecule has 0 aromatic carbocycles. The molecule has 0 atom stereocenters. The molecule has 1 heterocycles. The Hall–Kier alpha value is -2.28. The molecule has 0 saturated carbocycles. The van der Waals surface area contributed by atoms with Crippen LogP contribution in [0.1, 0.15) is 12.1 Å². The molecule has 1 amide bonds. The van der Waals surface area contributed by atoms with E-state index < -0.39 is 0 Å². The Balaban J connectivity index is 2.39. The van der Waals surface area contributed by atoms with Gasteiger partial charge in [-0.2, -0.15) is 5.26 Å². The Kier molecular flexibility index (Phi) is 5.46. The third kappa shape index (κ3) is 3.95. The minimum absolute atomic E-state index is 0.144. The van der Waals surface area contributed by atoms with Crippen molar-refractivity contribution in [2.45, 2.75) is 11.4 Å². The second kappa shape index (κ2) is 7.13. The summed E-state index contributed by atoms with van der Waals surface area (Å²) in [7, 11) is 0. The van der Waals surface area contributed by atoms with Gasteiger partial charge in [-0.3, -0.25) is 4.79 Å². The molecule has 18 heavy (non-hydrogen) atoms. The van der Waals surface area contributed by atoms with Gasteiger partial charge in [-0.1, -0.05) is 16.9 Å². The molecule has 10 heteroatoms. The highest BCUT2D eigenvalue weighted by molar-refractivity contribution is 7.99. The zero-order valence-corrected chi connectivity index (χ0v) is 9.98. The Bertz CT molecular complexity index is 479. The van der Waals surface area contributed by atoms with Crippen LogP contribution in [0, 0.1) is 11.3 Å². The summed E-state index contributed by atoms with van der Waals surface area (Å²) in [4.78, 5) is 11.0. The average Bonchev–Trinajstić information content (AvgIpc) is 2.82. The van der Waals surface area contributed by atoms with E-state index in [4.69, 9.17) is 16.2 Å². The van der Waals surface area contributed by atoms with Crippen molar-refractivity contribution in [1.29, 1.82) is 5.26 Å². The predicted molar refractivity (Wildman–Crippen MR) is 60.8 cm³/mol. The lowest BCUT2D eigenvalue weighted by Gasteiger charge is -2.01. The predicted octanol–water partition coefficient (Wildman–Crippen LogP) is -0.714. The molecule has 0 spiro atoms. The summed E-state index contributed by atoms with van der Waals surface area (Å²) in [5.74, 6) is -0.0582. The van der Waals surface area contributed by atoms with Crippen molar-refractivity contribution < 1.29 is 14.6 Å². The lowest BCUT2D eigenvalue weighted by molar-refractivity contribution is -0.119. The number of aromatic nitrogens is 2. The fourth-order valence-corrected chi connectivity index (χ4v) is 1.71. The SMILES string of the molecule is N#CCC(=O)NCCSc1nonc1/C(N)=N/O. The summed E-state index contributed by atoms with van der Waals surface area (Å²) in [6.07, 6.45) is -0.175. The summed E-state index contributed by atoms with van der Waals surface area (Å²) in [5, 5.41) is 29.5. The lowest BCUT2D eigenvalue weighted by atomic mass is 10.4. The molecule has 0 aliphatic heterocycles. The third-order valence-electron chi connectivity index (χ3n) is 1.71. The van der Waals surface area contributed by atoms with Gasteiger partial charge >= 0.3 is 0 Å². The minimum Gasteiger partial charge on any atom is -0.409 e. The van der Waals surface area contributed by atoms with Crippen molar-refractivity contribution in [3.8, 4) is 6.07 Å². The van der Waals surface area contributed by atoms with Crippen LogP contribution >= 0.6 is 11.8 Å². The largest absolute Gasteiger partial charge is 0.409 e. The molecule has 4 N–H and O–H groups in total. The quantitative estimate of drug-likeness (QED) is 0.153. The molecule has 0 fully saturated rings. The number of hydrogen-bond donors (Lipinski definition) is 3. The normalized spacial score (nSPS) is 10.9. The van der Waals surface area contributed by atoms with E-state index in [9.17, 15) is 4.79 Å². The van der Waals surface area contributed by atoms with Crippen LogP contribution < -0.4 is 11.1 Å². The van der Waals surface area contributed by atoms with Gasteiger partial charge < -0.3 is 16.3 Å². The van der Waals surface area contributed by atoms with Crippen molar-refractivity contribution >= 4 is 23.5 Å². The first-order chi connectivity index (χ1) is 8.69. The van der Waals surface area contributed by atoms with E-state index in [1.54, 1.807) is 6.07 Å². The molecule has 0 radical (unpaired) electrons. The Labute approximate surface area is 106 Å². The average molecular weight is 270 g/mol. The number of nitriles is 1. The molecule has 1 aromatic rings. The van der Waals surface area contributed by atoms with Crippen LogP contribution in [0.5, 0.6) is 0 Å². The topological polar surface area (TPSA) is 150 Å². The molecular weight excluding hydrogens is 260 g/mol. The third-order valence-corrected chi connectivity index (χ3v) is 2.66. The van der Waals surface area contributed by atoms with E-state index in [2.05, 4.69) is 25.4 Å². The van der Waals surface area contributed by atoms with Crippen molar-refractivity contribution in [2.75, 3.05) is 12.3 Å². The number of nitrogens with zero attached hydrogens (tertiary/aromatic N) is 4. The number of amides is 1. The van der Waals surface area contributed by atoms with E-state index in [-0.39, 0.29) is 23.9 Å². The Morgan fingerprint density at radius 2 is 2.44 bits per heavy atom. The zero-order valence-electron chi connectivity index (χ0n) is 9.16. The molecular formula is C8H10N6O3S. The molecule has 1 aromatic heterocycles. The number of carbonyl (C=O) groups excluding carboxylic acids is 1. The van der Waals surface area contributed by atoms with Crippen molar-refractivity contribution in [3.63, 3.8) is 0 Å². The van der Waals surface area contributed by atoms with Gasteiger partial charge in [0.1, 0.15) is 6.42 Å². The molecule has 0 aliphatic carbocycles. The van der Waals surface area contributed by atoms with Gasteiger partial charge in [0.25, 0.3) is 0 Å². The molecule has 9 nitrogen and oxygen atoms in total. The highest BCUT2D eigenvalue weighted by Crippen LogP contribution is 2.17. The summed E-state index contributed by atoms with van der Waals surface area (Å²) in [6.45, 7) is 0.355. The van der Waals surface area contributed by atoms with Crippen LogP contribution in [-0.2, 0) is 4.79 Å². The molecule has 0 aliphatic rings. The molecule has 0 unspecified atom stereocenters. The number of oxime groups is 1. The van der Waals surface area contributed by atoms with Gasteiger partial charge in [-0.15, -0.1) is 0 Å². The minimum atomic E-state index is -0.340. The summed E-state index contributed by atoms with van der Waals surface area (Å²) < 4.78 is 4.46. The monoisotopic (exact) mass is 270 g/mol. The highest BCUT2D eigenvalue weighted by atomic mass is 32.2. The Morgan fingerprint density at radius 3 is 3.11 bits per heavy atom. The van der Waals surface area contributed by atoms with Gasteiger partial charge in [0, 0.05) is 12.3 Å². The van der Waals surface area contributed by atoms with E-state index in [0.29, 0.717) is 17.3 Å². The number of amidine groups is 1. The molecule has 1 rings (SSSR count). The zero-order chi connectivity index (χ0) is 13.4. The maximum absolute atomic E-state index is 11.0. The second-order valence-corrected chi connectivity index (χ2v) is 4.02. The van der Waals surface area contributed by atoms with E-state index >= 15 is 0 Å². The molecule has 0 bridgehead atoms. The van der Waals surface area contributed by atoms with Crippen molar-refractivity contribution in [1.82, 2.24) is 15.6 Å². The van der Waals surface area contributed by atoms with E-state index in [0.717, 1.165) is 0 Å². The lowest BCUT2D eigenvalue weighted by Crippen LogP contribution is -2.25. The first kappa shape index (κ1) is 13.8. The number of thioether (sulfide) groups is 1. The molecule has 0 saturated heterocycles. The standard InChI is InChI=1S/C8H10N6O3S/c9-2-1-5(15)11-3-4-18-8-6(7(10)12-16)13-17-14-8/h16H,1,3-4H2,(H2,10,12)(H,11,15). The van der Waals surface area contributed by atoms with E-state index in [1.165, 1.54) is 11.8 Å². The summed E-state index contributed by atoms with van der Waals surface area (Å²) in [5.41, 5.74) is 5.49. The smallest absolute Gasteiger partial charge is 0.234 e. The number of nitrogens with two attached hydrogens (primary N) is 1. The van der Waals surface area contributed by atoms with Crippen LogP contribution in [0.25, 0.3) is 0 Å². The van der Waals surface area contributed by atoms with Crippen molar-refractivity contribution in [3.05, 3.63) is 5.69 Å². The highest BCUT2D eigenvalue weighted by Gasteiger charge is 2.14. The number of rotatable bonds is 6. The maximum Gasteiger partial charge on any atom is 0.234 e. The fourth-order valence-electron chi connectivity index (χ4n) is 0.951. The first-order valence-electron chi connectivity index (χ1n) is 4.76. The number of nitrogens with one attached hydrogen (secondary N) is 1. The van der Waals surface area contributed by atoms with Gasteiger partial charge in [0.2, 0.25) is 5.91 Å². The van der Waals surface area contributed by atoms with Crippen LogP contribution in [0.2, 0.25) is 0 Å². The Morgan fingerprint density at radius 1 is 1.67 bits per heavy atom. The van der Waals surface area contributed by atoms with Crippen LogP contribution in [0.3, 0.4) is 0 Å². The second-order valence-electron chi connectivity index (χ2n) is 2.94. The van der Waals surface area contributed by atoms with Crippen LogP contribution in [0.4, 0.5) is 0 Å². The molecule has 96 valence electrons. The van der Waals surface area contributed by atoms with Crippen molar-refractivity contribution in [2.24, 2.45) is 10.9 Å². The van der Waals surface area contributed by atoms with Crippen LogP contribution in [0.15, 0.2) is 14.8 Å². The summed E-state index contributed by atoms with van der Waals surface area (Å²) >= 11 is 1.22. The number of carbonyl (C=O) groups is 1. The van der Waals surface area contributed by atoms with Gasteiger partial charge in [-0.25, -0.2) is 4.63 Å². The van der Waals surface area contributed by atoms with Crippen LogP contribution in [-0.4, -0.2) is 39.6 Å². The fraction of sp³-hybridized carbons (Fsp3) is 0.375. The first-order valence-corrected chi connectivity index (χ1v) is 5.74. The van der Waals surface area contributed by atoms with Gasteiger partial charge in [-0.05, 0) is 10.3 Å². The van der Waals surface area contributed by atoms with E-state index in [1.807, 2.05) is 0 Å².